The van der Waals surface area contributed by atoms with E-state index in [0.29, 0.717) is 26.2 Å². The molecule has 26 heavy (non-hydrogen) atoms. The van der Waals surface area contributed by atoms with Crippen LogP contribution in [0, 0.1) is 11.6 Å². The van der Waals surface area contributed by atoms with E-state index < -0.39 is 17.5 Å². The molecule has 136 valence electrons. The largest absolute Gasteiger partial charge is 0.367 e. The molecule has 0 aliphatic carbocycles. The number of amides is 2. The van der Waals surface area contributed by atoms with Gasteiger partial charge in [-0.2, -0.15) is 0 Å². The summed E-state index contributed by atoms with van der Waals surface area (Å²) in [5.41, 5.74) is 1.18. The molecule has 1 saturated heterocycles. The minimum atomic E-state index is -1.03. The number of hydrogen-bond acceptors (Lipinski definition) is 4. The van der Waals surface area contributed by atoms with Gasteiger partial charge in [0.15, 0.2) is 11.6 Å². The van der Waals surface area contributed by atoms with Crippen LogP contribution in [0.5, 0.6) is 0 Å². The third kappa shape index (κ3) is 3.96. The Balaban J connectivity index is 1.63. The summed E-state index contributed by atoms with van der Waals surface area (Å²) in [6.07, 6.45) is 1.59. The van der Waals surface area contributed by atoms with Gasteiger partial charge in [-0.25, -0.2) is 13.8 Å². The third-order valence-corrected chi connectivity index (χ3v) is 4.25. The van der Waals surface area contributed by atoms with Gasteiger partial charge in [0.25, 0.3) is 5.91 Å². The van der Waals surface area contributed by atoms with Crippen LogP contribution in [0.3, 0.4) is 0 Å². The summed E-state index contributed by atoms with van der Waals surface area (Å²) in [6.45, 7) is 4.24. The Morgan fingerprint density at radius 2 is 1.77 bits per heavy atom. The van der Waals surface area contributed by atoms with Gasteiger partial charge in [-0.05, 0) is 24.3 Å². The molecule has 2 aromatic rings. The van der Waals surface area contributed by atoms with Crippen LogP contribution in [0.2, 0.25) is 0 Å². The van der Waals surface area contributed by atoms with Crippen LogP contribution in [-0.2, 0) is 4.79 Å². The van der Waals surface area contributed by atoms with Gasteiger partial charge < -0.3 is 15.1 Å². The SMILES string of the molecule is CC(=O)N1CCN(c2ccc(C(=O)Nc3ccc(F)c(F)c3)nc2)CC1. The maximum atomic E-state index is 13.2. The van der Waals surface area contributed by atoms with Crippen molar-refractivity contribution in [1.29, 1.82) is 0 Å². The lowest BCUT2D eigenvalue weighted by molar-refractivity contribution is -0.129. The van der Waals surface area contributed by atoms with Crippen LogP contribution in [0.25, 0.3) is 0 Å². The number of aromatic nitrogens is 1. The molecule has 0 saturated carbocycles. The molecule has 0 unspecified atom stereocenters. The van der Waals surface area contributed by atoms with Gasteiger partial charge in [-0.1, -0.05) is 0 Å². The predicted molar refractivity (Wildman–Crippen MR) is 93.0 cm³/mol. The molecule has 8 heteroatoms. The number of benzene rings is 1. The Kier molecular flexibility index (Phi) is 5.11. The molecule has 1 aliphatic rings. The van der Waals surface area contributed by atoms with E-state index >= 15 is 0 Å². The van der Waals surface area contributed by atoms with Crippen molar-refractivity contribution in [2.24, 2.45) is 0 Å². The summed E-state index contributed by atoms with van der Waals surface area (Å²) in [5.74, 6) is -2.46. The molecule has 1 fully saturated rings. The van der Waals surface area contributed by atoms with Gasteiger partial charge in [-0.3, -0.25) is 9.59 Å². The molecule has 6 nitrogen and oxygen atoms in total. The zero-order chi connectivity index (χ0) is 18.7. The second-order valence-corrected chi connectivity index (χ2v) is 5.98. The van der Waals surface area contributed by atoms with Crippen LogP contribution in [-0.4, -0.2) is 47.9 Å². The van der Waals surface area contributed by atoms with Crippen molar-refractivity contribution >= 4 is 23.2 Å². The quantitative estimate of drug-likeness (QED) is 0.912. The van der Waals surface area contributed by atoms with Gasteiger partial charge >= 0.3 is 0 Å². The first-order valence-electron chi connectivity index (χ1n) is 8.17. The van der Waals surface area contributed by atoms with Crippen LogP contribution in [0.1, 0.15) is 17.4 Å². The maximum absolute atomic E-state index is 13.2. The fourth-order valence-electron chi connectivity index (χ4n) is 2.76. The highest BCUT2D eigenvalue weighted by molar-refractivity contribution is 6.02. The zero-order valence-corrected chi connectivity index (χ0v) is 14.2. The smallest absolute Gasteiger partial charge is 0.274 e. The average Bonchev–Trinajstić information content (AvgIpc) is 2.65. The van der Waals surface area contributed by atoms with Crippen molar-refractivity contribution in [2.75, 3.05) is 36.4 Å². The molecule has 0 radical (unpaired) electrons. The molecule has 2 heterocycles. The number of carbonyl (C=O) groups is 2. The summed E-state index contributed by atoms with van der Waals surface area (Å²) in [7, 11) is 0. The average molecular weight is 360 g/mol. The number of piperazine rings is 1. The van der Waals surface area contributed by atoms with Crippen LogP contribution < -0.4 is 10.2 Å². The fraction of sp³-hybridized carbons (Fsp3) is 0.278. The number of carbonyl (C=O) groups excluding carboxylic acids is 2. The lowest BCUT2D eigenvalue weighted by Crippen LogP contribution is -2.48. The van der Waals surface area contributed by atoms with Crippen LogP contribution >= 0.6 is 0 Å². The van der Waals surface area contributed by atoms with Gasteiger partial charge in [0.05, 0.1) is 11.9 Å². The van der Waals surface area contributed by atoms with Crippen molar-refractivity contribution in [3.05, 3.63) is 53.9 Å². The molecule has 0 bridgehead atoms. The monoisotopic (exact) mass is 360 g/mol. The third-order valence-electron chi connectivity index (χ3n) is 4.25. The Morgan fingerprint density at radius 3 is 2.35 bits per heavy atom. The van der Waals surface area contributed by atoms with E-state index in [-0.39, 0.29) is 17.3 Å². The Bertz CT molecular complexity index is 818. The van der Waals surface area contributed by atoms with Gasteiger partial charge in [0.2, 0.25) is 5.91 Å². The molecule has 1 aromatic heterocycles. The van der Waals surface area contributed by atoms with Crippen LogP contribution in [0.4, 0.5) is 20.2 Å². The van der Waals surface area contributed by atoms with Gasteiger partial charge in [0.1, 0.15) is 5.69 Å². The van der Waals surface area contributed by atoms with Crippen molar-refractivity contribution in [2.45, 2.75) is 6.92 Å². The maximum Gasteiger partial charge on any atom is 0.274 e. The van der Waals surface area contributed by atoms with E-state index in [1.807, 2.05) is 0 Å². The minimum absolute atomic E-state index is 0.0621. The molecule has 2 amide bonds. The molecule has 1 aromatic carbocycles. The highest BCUT2D eigenvalue weighted by atomic mass is 19.2. The first-order chi connectivity index (χ1) is 12.4. The molecule has 1 N–H and O–H groups in total. The van der Waals surface area contributed by atoms with E-state index in [4.69, 9.17) is 0 Å². The van der Waals surface area contributed by atoms with Crippen molar-refractivity contribution in [1.82, 2.24) is 9.88 Å². The molecular formula is C18H18F2N4O2. The Labute approximate surface area is 149 Å². The Hall–Kier alpha value is -3.03. The van der Waals surface area contributed by atoms with Gasteiger partial charge in [0, 0.05) is 44.9 Å². The van der Waals surface area contributed by atoms with Crippen molar-refractivity contribution in [3.8, 4) is 0 Å². The Morgan fingerprint density at radius 1 is 1.04 bits per heavy atom. The van der Waals surface area contributed by atoms with Gasteiger partial charge in [-0.15, -0.1) is 0 Å². The number of hydrogen-bond donors (Lipinski definition) is 1. The van der Waals surface area contributed by atoms with E-state index in [9.17, 15) is 18.4 Å². The number of nitrogens with zero attached hydrogens (tertiary/aromatic N) is 3. The molecule has 0 spiro atoms. The topological polar surface area (TPSA) is 65.5 Å². The number of nitrogens with one attached hydrogen (secondary N) is 1. The molecule has 1 aliphatic heterocycles. The second-order valence-electron chi connectivity index (χ2n) is 5.98. The summed E-state index contributed by atoms with van der Waals surface area (Å²) < 4.78 is 26.1. The summed E-state index contributed by atoms with van der Waals surface area (Å²) in [5, 5.41) is 2.48. The summed E-state index contributed by atoms with van der Waals surface area (Å²) in [4.78, 5) is 31.5. The van der Waals surface area contributed by atoms with E-state index in [1.165, 1.54) is 6.07 Å². The second kappa shape index (κ2) is 7.47. The number of rotatable bonds is 3. The highest BCUT2D eigenvalue weighted by Gasteiger charge is 2.19. The first kappa shape index (κ1) is 17.8. The van der Waals surface area contributed by atoms with Crippen LogP contribution in [0.15, 0.2) is 36.5 Å². The molecule has 3 rings (SSSR count). The lowest BCUT2D eigenvalue weighted by Gasteiger charge is -2.35. The fourth-order valence-corrected chi connectivity index (χ4v) is 2.76. The predicted octanol–water partition coefficient (Wildman–Crippen LogP) is 2.28. The van der Waals surface area contributed by atoms with E-state index in [2.05, 4.69) is 15.2 Å². The zero-order valence-electron chi connectivity index (χ0n) is 14.2. The normalized spacial score (nSPS) is 14.3. The summed E-state index contributed by atoms with van der Waals surface area (Å²) in [6, 6.07) is 6.48. The molecule has 0 atom stereocenters. The first-order valence-corrected chi connectivity index (χ1v) is 8.17. The summed E-state index contributed by atoms with van der Waals surface area (Å²) >= 11 is 0. The van der Waals surface area contributed by atoms with E-state index in [1.54, 1.807) is 30.2 Å². The lowest BCUT2D eigenvalue weighted by atomic mass is 10.2. The number of pyridine rings is 1. The number of anilines is 2. The number of halogens is 2. The molecular weight excluding hydrogens is 342 g/mol. The highest BCUT2D eigenvalue weighted by Crippen LogP contribution is 2.17. The van der Waals surface area contributed by atoms with Crippen molar-refractivity contribution < 1.29 is 18.4 Å². The van der Waals surface area contributed by atoms with Crippen molar-refractivity contribution in [3.63, 3.8) is 0 Å². The minimum Gasteiger partial charge on any atom is -0.367 e. The van der Waals surface area contributed by atoms with E-state index in [0.717, 1.165) is 17.8 Å². The standard InChI is InChI=1S/C18H18F2N4O2/c1-12(25)23-6-8-24(9-7-23)14-3-5-17(21-11-14)18(26)22-13-2-4-15(19)16(20)10-13/h2-5,10-11H,6-9H2,1H3,(H,22,26).